The zero-order valence-corrected chi connectivity index (χ0v) is 15.1. The van der Waals surface area contributed by atoms with E-state index >= 15 is 0 Å². The van der Waals surface area contributed by atoms with E-state index in [4.69, 9.17) is 4.74 Å². The van der Waals surface area contributed by atoms with Crippen LogP contribution in [0.4, 0.5) is 11.4 Å². The van der Waals surface area contributed by atoms with Gasteiger partial charge >= 0.3 is 5.97 Å². The molecule has 0 aliphatic heterocycles. The lowest BCUT2D eigenvalue weighted by molar-refractivity contribution is -0.131. The second-order valence-corrected chi connectivity index (χ2v) is 5.97. The molecule has 0 radical (unpaired) electrons. The number of esters is 1. The van der Waals surface area contributed by atoms with Crippen molar-refractivity contribution >= 4 is 29.2 Å². The molecule has 0 bridgehead atoms. The Labute approximate surface area is 162 Å². The Balaban J connectivity index is 1.63. The van der Waals surface area contributed by atoms with Gasteiger partial charge in [-0.3, -0.25) is 14.4 Å². The van der Waals surface area contributed by atoms with Crippen LogP contribution in [0.1, 0.15) is 27.6 Å². The van der Waals surface area contributed by atoms with E-state index in [1.807, 2.05) is 6.07 Å². The van der Waals surface area contributed by atoms with Gasteiger partial charge < -0.3 is 15.4 Å². The summed E-state index contributed by atoms with van der Waals surface area (Å²) in [5.41, 5.74) is 2.11. The van der Waals surface area contributed by atoms with Crippen molar-refractivity contribution in [2.24, 2.45) is 0 Å². The number of anilines is 2. The highest BCUT2D eigenvalue weighted by atomic mass is 16.5. The standard InChI is InChI=1S/C22H18N2O4/c1-15(25)28-20-9-5-8-17(14-20)22(27)24-19-12-10-18(11-13-19)23-21(26)16-6-3-2-4-7-16/h2-14H,1H3,(H,23,26)(H,24,27). The van der Waals surface area contributed by atoms with Crippen molar-refractivity contribution in [2.75, 3.05) is 10.6 Å². The van der Waals surface area contributed by atoms with Crippen molar-refractivity contribution < 1.29 is 19.1 Å². The SMILES string of the molecule is CC(=O)Oc1cccc(C(=O)Nc2ccc(NC(=O)c3ccccc3)cc2)c1. The van der Waals surface area contributed by atoms with E-state index in [1.165, 1.54) is 13.0 Å². The smallest absolute Gasteiger partial charge is 0.308 e. The van der Waals surface area contributed by atoms with E-state index in [2.05, 4.69) is 10.6 Å². The van der Waals surface area contributed by atoms with Gasteiger partial charge in [0.25, 0.3) is 11.8 Å². The van der Waals surface area contributed by atoms with Gasteiger partial charge in [-0.25, -0.2) is 0 Å². The van der Waals surface area contributed by atoms with Gasteiger partial charge in [-0.2, -0.15) is 0 Å². The van der Waals surface area contributed by atoms with Crippen molar-refractivity contribution in [3.8, 4) is 5.75 Å². The second kappa shape index (κ2) is 8.64. The fourth-order valence-corrected chi connectivity index (χ4v) is 2.50. The number of ether oxygens (including phenoxy) is 1. The molecule has 0 aliphatic carbocycles. The molecular formula is C22H18N2O4. The molecule has 0 saturated carbocycles. The lowest BCUT2D eigenvalue weighted by Crippen LogP contribution is -2.13. The van der Waals surface area contributed by atoms with Gasteiger partial charge in [-0.15, -0.1) is 0 Å². The zero-order chi connectivity index (χ0) is 19.9. The summed E-state index contributed by atoms with van der Waals surface area (Å²) in [6.45, 7) is 1.30. The molecule has 0 unspecified atom stereocenters. The molecule has 0 aliphatic rings. The van der Waals surface area contributed by atoms with Crippen molar-refractivity contribution in [2.45, 2.75) is 6.92 Å². The fourth-order valence-electron chi connectivity index (χ4n) is 2.50. The normalized spacial score (nSPS) is 10.0. The summed E-state index contributed by atoms with van der Waals surface area (Å²) >= 11 is 0. The maximum atomic E-state index is 12.4. The Morgan fingerprint density at radius 3 is 1.79 bits per heavy atom. The summed E-state index contributed by atoms with van der Waals surface area (Å²) in [4.78, 5) is 35.6. The van der Waals surface area contributed by atoms with Crippen LogP contribution in [0.25, 0.3) is 0 Å². The molecule has 0 fully saturated rings. The average molecular weight is 374 g/mol. The van der Waals surface area contributed by atoms with Crippen LogP contribution in [0.5, 0.6) is 5.75 Å². The molecule has 28 heavy (non-hydrogen) atoms. The lowest BCUT2D eigenvalue weighted by atomic mass is 10.2. The summed E-state index contributed by atoms with van der Waals surface area (Å²) in [5, 5.41) is 5.55. The number of hydrogen-bond acceptors (Lipinski definition) is 4. The Morgan fingerprint density at radius 1 is 0.679 bits per heavy atom. The third-order valence-corrected chi connectivity index (χ3v) is 3.79. The van der Waals surface area contributed by atoms with Crippen LogP contribution < -0.4 is 15.4 Å². The largest absolute Gasteiger partial charge is 0.427 e. The van der Waals surface area contributed by atoms with Gasteiger partial charge in [-0.05, 0) is 54.6 Å². The minimum absolute atomic E-state index is 0.209. The number of carbonyl (C=O) groups is 3. The van der Waals surface area contributed by atoms with Crippen LogP contribution in [-0.4, -0.2) is 17.8 Å². The minimum Gasteiger partial charge on any atom is -0.427 e. The van der Waals surface area contributed by atoms with E-state index in [9.17, 15) is 14.4 Å². The highest BCUT2D eigenvalue weighted by molar-refractivity contribution is 6.05. The summed E-state index contributed by atoms with van der Waals surface area (Å²) in [7, 11) is 0. The molecule has 0 aromatic heterocycles. The quantitative estimate of drug-likeness (QED) is 0.520. The van der Waals surface area contributed by atoms with E-state index in [-0.39, 0.29) is 11.8 Å². The van der Waals surface area contributed by atoms with Crippen molar-refractivity contribution in [3.63, 3.8) is 0 Å². The van der Waals surface area contributed by atoms with Gasteiger partial charge in [0.05, 0.1) is 0 Å². The van der Waals surface area contributed by atoms with Crippen molar-refractivity contribution in [1.29, 1.82) is 0 Å². The highest BCUT2D eigenvalue weighted by Crippen LogP contribution is 2.18. The van der Waals surface area contributed by atoms with E-state index < -0.39 is 5.97 Å². The van der Waals surface area contributed by atoms with E-state index in [1.54, 1.807) is 66.7 Å². The first-order valence-corrected chi connectivity index (χ1v) is 8.57. The monoisotopic (exact) mass is 374 g/mol. The topological polar surface area (TPSA) is 84.5 Å². The molecule has 0 saturated heterocycles. The Hall–Kier alpha value is -3.93. The summed E-state index contributed by atoms with van der Waals surface area (Å²) in [6.07, 6.45) is 0. The summed E-state index contributed by atoms with van der Waals surface area (Å²) in [6, 6.07) is 22.0. The van der Waals surface area contributed by atoms with E-state index in [0.717, 1.165) is 0 Å². The fraction of sp³-hybridized carbons (Fsp3) is 0.0455. The number of carbonyl (C=O) groups excluding carboxylic acids is 3. The number of nitrogens with one attached hydrogen (secondary N) is 2. The zero-order valence-electron chi connectivity index (χ0n) is 15.1. The number of benzene rings is 3. The molecule has 0 atom stereocenters. The number of hydrogen-bond donors (Lipinski definition) is 2. The molecule has 6 nitrogen and oxygen atoms in total. The maximum Gasteiger partial charge on any atom is 0.308 e. The third-order valence-electron chi connectivity index (χ3n) is 3.79. The molecule has 3 aromatic rings. The molecule has 2 N–H and O–H groups in total. The summed E-state index contributed by atoms with van der Waals surface area (Å²) < 4.78 is 4.99. The van der Waals surface area contributed by atoms with Crippen molar-refractivity contribution in [1.82, 2.24) is 0 Å². The minimum atomic E-state index is -0.453. The Morgan fingerprint density at radius 2 is 1.21 bits per heavy atom. The van der Waals surface area contributed by atoms with E-state index in [0.29, 0.717) is 28.3 Å². The first-order chi connectivity index (χ1) is 13.5. The molecular weight excluding hydrogens is 356 g/mol. The van der Waals surface area contributed by atoms with Crippen LogP contribution in [0.2, 0.25) is 0 Å². The number of rotatable bonds is 5. The van der Waals surface area contributed by atoms with Crippen LogP contribution in [0.15, 0.2) is 78.9 Å². The molecule has 140 valence electrons. The van der Waals surface area contributed by atoms with Crippen molar-refractivity contribution in [3.05, 3.63) is 90.0 Å². The Kier molecular flexibility index (Phi) is 5.81. The average Bonchev–Trinajstić information content (AvgIpc) is 2.70. The maximum absolute atomic E-state index is 12.4. The lowest BCUT2D eigenvalue weighted by Gasteiger charge is -2.09. The summed E-state index contributed by atoms with van der Waals surface area (Å²) in [5.74, 6) is -0.695. The van der Waals surface area contributed by atoms with Crippen LogP contribution in [0.3, 0.4) is 0 Å². The molecule has 0 spiro atoms. The highest BCUT2D eigenvalue weighted by Gasteiger charge is 2.09. The van der Waals surface area contributed by atoms with Crippen LogP contribution in [-0.2, 0) is 4.79 Å². The van der Waals surface area contributed by atoms with Crippen LogP contribution in [0, 0.1) is 0 Å². The van der Waals surface area contributed by atoms with Gasteiger partial charge in [-0.1, -0.05) is 24.3 Å². The molecule has 0 heterocycles. The molecule has 6 heteroatoms. The third kappa shape index (κ3) is 5.04. The number of amides is 2. The molecule has 3 aromatic carbocycles. The molecule has 2 amide bonds. The molecule has 3 rings (SSSR count). The first-order valence-electron chi connectivity index (χ1n) is 8.57. The Bertz CT molecular complexity index is 999. The van der Waals surface area contributed by atoms with Gasteiger partial charge in [0, 0.05) is 29.4 Å². The van der Waals surface area contributed by atoms with Gasteiger partial charge in [0.2, 0.25) is 0 Å². The second-order valence-electron chi connectivity index (χ2n) is 5.97. The van der Waals surface area contributed by atoms with Gasteiger partial charge in [0.1, 0.15) is 5.75 Å². The van der Waals surface area contributed by atoms with Crippen LogP contribution >= 0.6 is 0 Å². The first kappa shape index (κ1) is 18.8. The predicted octanol–water partition coefficient (Wildman–Crippen LogP) is 4.12. The predicted molar refractivity (Wildman–Crippen MR) is 107 cm³/mol. The van der Waals surface area contributed by atoms with Gasteiger partial charge in [0.15, 0.2) is 0 Å².